The lowest BCUT2D eigenvalue weighted by Crippen LogP contribution is -2.25. The molecule has 0 aliphatic rings. The van der Waals surface area contributed by atoms with Crippen LogP contribution in [-0.2, 0) is 12.3 Å². The van der Waals surface area contributed by atoms with Gasteiger partial charge in [-0.15, -0.1) is 0 Å². The maximum absolute atomic E-state index is 5.48. The number of nitrogens with zero attached hydrogens (tertiary/aromatic N) is 1. The smallest absolute Gasteiger partial charge is 0.122 e. The van der Waals surface area contributed by atoms with Crippen LogP contribution in [0.2, 0.25) is 0 Å². The Bertz CT molecular complexity index is 394. The maximum Gasteiger partial charge on any atom is 0.122 e. The lowest BCUT2D eigenvalue weighted by Gasteiger charge is -2.17. The first kappa shape index (κ1) is 18.3. The van der Waals surface area contributed by atoms with Crippen LogP contribution in [0.5, 0.6) is 5.75 Å². The Labute approximate surface area is 134 Å². The normalized spacial score (nSPS) is 11.1. The first-order valence-corrected chi connectivity index (χ1v) is 9.07. The minimum Gasteiger partial charge on any atom is -0.496 e. The molecule has 21 heavy (non-hydrogen) atoms. The molecule has 4 heteroatoms. The summed E-state index contributed by atoms with van der Waals surface area (Å²) in [6.45, 7) is 11.9. The molecule has 0 unspecified atom stereocenters. The minimum absolute atomic E-state index is 0.928. The van der Waals surface area contributed by atoms with Crippen LogP contribution in [0.1, 0.15) is 31.9 Å². The van der Waals surface area contributed by atoms with Crippen molar-refractivity contribution in [2.75, 3.05) is 39.0 Å². The van der Waals surface area contributed by atoms with E-state index in [1.165, 1.54) is 16.9 Å². The summed E-state index contributed by atoms with van der Waals surface area (Å²) in [5, 5.41) is 3.37. The molecule has 0 aliphatic carbocycles. The molecule has 0 bridgehead atoms. The average molecular weight is 311 g/mol. The Morgan fingerprint density at radius 2 is 1.95 bits per heavy atom. The van der Waals surface area contributed by atoms with Crippen molar-refractivity contribution in [2.45, 2.75) is 33.1 Å². The summed E-state index contributed by atoms with van der Waals surface area (Å²) in [6, 6.07) is 6.50. The molecule has 1 aromatic carbocycles. The van der Waals surface area contributed by atoms with E-state index in [-0.39, 0.29) is 0 Å². The van der Waals surface area contributed by atoms with Gasteiger partial charge in [0.25, 0.3) is 0 Å². The summed E-state index contributed by atoms with van der Waals surface area (Å²) in [6.07, 6.45) is 0. The summed E-state index contributed by atoms with van der Waals surface area (Å²) in [5.74, 6) is 3.19. The number of ether oxygens (including phenoxy) is 1. The van der Waals surface area contributed by atoms with Crippen LogP contribution in [0.4, 0.5) is 0 Å². The third kappa shape index (κ3) is 6.72. The molecule has 120 valence electrons. The van der Waals surface area contributed by atoms with Crippen LogP contribution in [0.25, 0.3) is 0 Å². The van der Waals surface area contributed by atoms with Crippen LogP contribution in [0, 0.1) is 0 Å². The van der Waals surface area contributed by atoms with Crippen molar-refractivity contribution >= 4 is 11.8 Å². The number of nitrogens with one attached hydrogen (secondary N) is 1. The number of thioether (sulfide) groups is 1. The highest BCUT2D eigenvalue weighted by molar-refractivity contribution is 7.98. The van der Waals surface area contributed by atoms with E-state index in [0.717, 1.165) is 44.2 Å². The molecular weight excluding hydrogens is 280 g/mol. The lowest BCUT2D eigenvalue weighted by molar-refractivity contribution is 0.324. The topological polar surface area (TPSA) is 24.5 Å². The van der Waals surface area contributed by atoms with Gasteiger partial charge in [0, 0.05) is 30.2 Å². The van der Waals surface area contributed by atoms with Crippen LogP contribution in [-0.4, -0.2) is 43.9 Å². The first-order chi connectivity index (χ1) is 10.2. The van der Waals surface area contributed by atoms with Crippen molar-refractivity contribution in [2.24, 2.45) is 0 Å². The second-order valence-corrected chi connectivity index (χ2v) is 6.11. The molecule has 0 radical (unpaired) electrons. The van der Waals surface area contributed by atoms with E-state index < -0.39 is 0 Å². The van der Waals surface area contributed by atoms with Gasteiger partial charge >= 0.3 is 0 Å². The molecule has 0 saturated heterocycles. The Morgan fingerprint density at radius 1 is 1.19 bits per heavy atom. The second kappa shape index (κ2) is 10.9. The van der Waals surface area contributed by atoms with Gasteiger partial charge in [-0.3, -0.25) is 0 Å². The van der Waals surface area contributed by atoms with Crippen LogP contribution in [0.15, 0.2) is 18.2 Å². The summed E-state index contributed by atoms with van der Waals surface area (Å²) in [4.78, 5) is 2.46. The summed E-state index contributed by atoms with van der Waals surface area (Å²) < 4.78 is 5.48. The van der Waals surface area contributed by atoms with Gasteiger partial charge in [0.1, 0.15) is 5.75 Å². The zero-order chi connectivity index (χ0) is 15.5. The number of hydrogen-bond donors (Lipinski definition) is 1. The van der Waals surface area contributed by atoms with Gasteiger partial charge in [-0.1, -0.05) is 26.8 Å². The maximum atomic E-state index is 5.48. The third-order valence-electron chi connectivity index (χ3n) is 3.63. The van der Waals surface area contributed by atoms with Crippen LogP contribution in [0.3, 0.4) is 0 Å². The van der Waals surface area contributed by atoms with E-state index >= 15 is 0 Å². The van der Waals surface area contributed by atoms with Crippen molar-refractivity contribution in [1.82, 2.24) is 10.2 Å². The number of hydrogen-bond acceptors (Lipinski definition) is 4. The highest BCUT2D eigenvalue weighted by Crippen LogP contribution is 2.24. The second-order valence-electron chi connectivity index (χ2n) is 5.01. The van der Waals surface area contributed by atoms with Crippen LogP contribution < -0.4 is 10.1 Å². The third-order valence-corrected chi connectivity index (χ3v) is 4.61. The molecule has 0 fully saturated rings. The zero-order valence-corrected chi connectivity index (χ0v) is 14.8. The van der Waals surface area contributed by atoms with E-state index in [4.69, 9.17) is 4.74 Å². The van der Waals surface area contributed by atoms with E-state index in [0.29, 0.717) is 0 Å². The molecule has 3 nitrogen and oxygen atoms in total. The van der Waals surface area contributed by atoms with Crippen molar-refractivity contribution in [1.29, 1.82) is 0 Å². The van der Waals surface area contributed by atoms with Crippen molar-refractivity contribution in [3.8, 4) is 5.75 Å². The molecule has 0 aromatic heterocycles. The molecular formula is C17H30N2OS. The SMILES string of the molecule is CCNCc1ccc(OC)c(CSCCN(CC)CC)c1. The van der Waals surface area contributed by atoms with Gasteiger partial charge in [-0.2, -0.15) is 11.8 Å². The number of methoxy groups -OCH3 is 1. The summed E-state index contributed by atoms with van der Waals surface area (Å²) in [5.41, 5.74) is 2.63. The van der Waals surface area contributed by atoms with E-state index in [9.17, 15) is 0 Å². The Kier molecular flexibility index (Phi) is 9.55. The fourth-order valence-electron chi connectivity index (χ4n) is 2.24. The molecule has 0 aliphatic heterocycles. The van der Waals surface area contributed by atoms with Crippen LogP contribution >= 0.6 is 11.8 Å². The summed E-state index contributed by atoms with van der Waals surface area (Å²) in [7, 11) is 1.75. The summed E-state index contributed by atoms with van der Waals surface area (Å²) >= 11 is 1.99. The van der Waals surface area contributed by atoms with E-state index in [1.807, 2.05) is 11.8 Å². The number of benzene rings is 1. The van der Waals surface area contributed by atoms with Crippen molar-refractivity contribution in [3.63, 3.8) is 0 Å². The highest BCUT2D eigenvalue weighted by atomic mass is 32.2. The average Bonchev–Trinajstić information content (AvgIpc) is 2.53. The molecule has 1 N–H and O–H groups in total. The fraction of sp³-hybridized carbons (Fsp3) is 0.647. The molecule has 0 amide bonds. The van der Waals surface area contributed by atoms with Crippen molar-refractivity contribution < 1.29 is 4.74 Å². The van der Waals surface area contributed by atoms with E-state index in [1.54, 1.807) is 7.11 Å². The quantitative estimate of drug-likeness (QED) is 0.633. The van der Waals surface area contributed by atoms with Gasteiger partial charge in [0.15, 0.2) is 0 Å². The Balaban J connectivity index is 2.51. The standard InChI is InChI=1S/C17H30N2OS/c1-5-18-13-15-8-9-17(20-4)16(12-15)14-21-11-10-19(6-2)7-3/h8-9,12,18H,5-7,10-11,13-14H2,1-4H3. The Hall–Kier alpha value is -0.710. The predicted molar refractivity (Wildman–Crippen MR) is 94.3 cm³/mol. The molecule has 1 aromatic rings. The van der Waals surface area contributed by atoms with E-state index in [2.05, 4.69) is 49.2 Å². The number of rotatable bonds is 11. The lowest BCUT2D eigenvalue weighted by atomic mass is 10.1. The molecule has 0 spiro atoms. The van der Waals surface area contributed by atoms with Crippen molar-refractivity contribution in [3.05, 3.63) is 29.3 Å². The molecule has 0 atom stereocenters. The molecule has 1 rings (SSSR count). The highest BCUT2D eigenvalue weighted by Gasteiger charge is 2.06. The van der Waals surface area contributed by atoms with Gasteiger partial charge in [0.05, 0.1) is 7.11 Å². The fourth-order valence-corrected chi connectivity index (χ4v) is 3.22. The van der Waals surface area contributed by atoms with Gasteiger partial charge in [-0.05, 0) is 37.3 Å². The molecule has 0 heterocycles. The Morgan fingerprint density at radius 3 is 2.57 bits per heavy atom. The monoisotopic (exact) mass is 310 g/mol. The van der Waals surface area contributed by atoms with Gasteiger partial charge in [-0.25, -0.2) is 0 Å². The molecule has 0 saturated carbocycles. The predicted octanol–water partition coefficient (Wildman–Crippen LogP) is 3.38. The first-order valence-electron chi connectivity index (χ1n) is 7.91. The van der Waals surface area contributed by atoms with Gasteiger partial charge < -0.3 is 15.0 Å². The zero-order valence-electron chi connectivity index (χ0n) is 13.9. The largest absolute Gasteiger partial charge is 0.496 e. The van der Waals surface area contributed by atoms with Gasteiger partial charge in [0.2, 0.25) is 0 Å². The minimum atomic E-state index is 0.928.